The molecule has 0 amide bonds. The van der Waals surface area contributed by atoms with Gasteiger partial charge in [0.1, 0.15) is 0 Å². The summed E-state index contributed by atoms with van der Waals surface area (Å²) >= 11 is 1.87. The third-order valence-electron chi connectivity index (χ3n) is 12.7. The Morgan fingerprint density at radius 2 is 0.951 bits per heavy atom. The van der Waals surface area contributed by atoms with Gasteiger partial charge in [0.2, 0.25) is 0 Å². The Kier molecular flexibility index (Phi) is 8.33. The summed E-state index contributed by atoms with van der Waals surface area (Å²) < 4.78 is 2.57. The van der Waals surface area contributed by atoms with Crippen LogP contribution in [0.15, 0.2) is 237 Å². The maximum Gasteiger partial charge on any atom is 0.0714 e. The second-order valence-electron chi connectivity index (χ2n) is 16.0. The minimum Gasteiger partial charge on any atom is -0.309 e. The summed E-state index contributed by atoms with van der Waals surface area (Å²) in [5.41, 5.74) is 15.2. The molecule has 0 saturated heterocycles. The number of rotatable bonds is 7. The molecular formula is C59H39NS. The van der Waals surface area contributed by atoms with Gasteiger partial charge in [0, 0.05) is 37.0 Å². The van der Waals surface area contributed by atoms with Crippen LogP contribution in [0, 0.1) is 0 Å². The maximum atomic E-state index is 2.56. The molecule has 0 bridgehead atoms. The molecule has 1 heterocycles. The lowest BCUT2D eigenvalue weighted by Crippen LogP contribution is -2.28. The highest BCUT2D eigenvalue weighted by molar-refractivity contribution is 7.25. The summed E-state index contributed by atoms with van der Waals surface area (Å²) in [4.78, 5) is 2.56. The van der Waals surface area contributed by atoms with Crippen LogP contribution in [-0.4, -0.2) is 0 Å². The molecule has 12 rings (SSSR count). The molecule has 286 valence electrons. The summed E-state index contributed by atoms with van der Waals surface area (Å²) in [5.74, 6) is 0. The van der Waals surface area contributed by atoms with Crippen LogP contribution in [0.4, 0.5) is 17.1 Å². The first-order valence-corrected chi connectivity index (χ1v) is 21.8. The molecule has 1 aliphatic rings. The highest BCUT2D eigenvalue weighted by Crippen LogP contribution is 2.60. The highest BCUT2D eigenvalue weighted by Gasteiger charge is 2.47. The van der Waals surface area contributed by atoms with Gasteiger partial charge in [-0.3, -0.25) is 0 Å². The molecule has 2 heteroatoms. The molecule has 0 unspecified atom stereocenters. The molecule has 1 aromatic heterocycles. The molecule has 10 aromatic carbocycles. The van der Waals surface area contributed by atoms with Gasteiger partial charge in [-0.1, -0.05) is 206 Å². The quantitative estimate of drug-likeness (QED) is 0.155. The van der Waals surface area contributed by atoms with E-state index >= 15 is 0 Å². The lowest BCUT2D eigenvalue weighted by molar-refractivity contribution is 0.768. The first kappa shape index (κ1) is 35.4. The zero-order valence-electron chi connectivity index (χ0n) is 33.4. The number of anilines is 3. The normalized spacial score (nSPS) is 12.7. The zero-order valence-corrected chi connectivity index (χ0v) is 34.2. The molecule has 0 fully saturated rings. The molecule has 11 aromatic rings. The van der Waals surface area contributed by atoms with E-state index in [1.54, 1.807) is 0 Å². The Morgan fingerprint density at radius 1 is 0.344 bits per heavy atom. The largest absolute Gasteiger partial charge is 0.309 e. The third-order valence-corrected chi connectivity index (χ3v) is 13.9. The molecule has 1 nitrogen and oxygen atoms in total. The van der Waals surface area contributed by atoms with Crippen LogP contribution in [-0.2, 0) is 5.41 Å². The Bertz CT molecular complexity index is 3380. The van der Waals surface area contributed by atoms with Crippen LogP contribution < -0.4 is 4.90 Å². The number of nitrogens with zero attached hydrogens (tertiary/aromatic N) is 1. The van der Waals surface area contributed by atoms with Crippen molar-refractivity contribution in [1.29, 1.82) is 0 Å². The van der Waals surface area contributed by atoms with Gasteiger partial charge in [0.25, 0.3) is 0 Å². The zero-order chi connectivity index (χ0) is 40.3. The summed E-state index contributed by atoms with van der Waals surface area (Å²) in [7, 11) is 0. The lowest BCUT2D eigenvalue weighted by atomic mass is 9.68. The van der Waals surface area contributed by atoms with Crippen LogP contribution in [0.25, 0.3) is 64.3 Å². The minimum atomic E-state index is -0.529. The van der Waals surface area contributed by atoms with Crippen molar-refractivity contribution in [2.45, 2.75) is 5.41 Å². The minimum absolute atomic E-state index is 0.529. The first-order valence-electron chi connectivity index (χ1n) is 21.0. The average Bonchev–Trinajstić information content (AvgIpc) is 3.86. The third kappa shape index (κ3) is 5.53. The Labute approximate surface area is 360 Å². The fraction of sp³-hybridized carbons (Fsp3) is 0.0169. The standard InChI is InChI=1S/C59H39NS/c1-4-18-41(19-5-1)48-36-34-42(47-29-16-21-40-20-10-11-26-46(40)47)38-55(48)60(45-35-37-50-49-27-13-15-33-56(49)61-57(50)39-45)54-32-17-31-53-58(54)51-28-12-14-30-52(51)59(53,43-22-6-2-7-23-43)44-24-8-3-9-25-44/h1-39H. The van der Waals surface area contributed by atoms with Crippen molar-refractivity contribution in [3.63, 3.8) is 0 Å². The van der Waals surface area contributed by atoms with Crippen LogP contribution >= 0.6 is 11.3 Å². The van der Waals surface area contributed by atoms with E-state index in [1.165, 1.54) is 86.6 Å². The van der Waals surface area contributed by atoms with Crippen LogP contribution in [0.2, 0.25) is 0 Å². The van der Waals surface area contributed by atoms with E-state index in [9.17, 15) is 0 Å². The van der Waals surface area contributed by atoms with Crippen molar-refractivity contribution in [3.05, 3.63) is 259 Å². The Balaban J connectivity index is 1.20. The van der Waals surface area contributed by atoms with E-state index < -0.39 is 5.41 Å². The van der Waals surface area contributed by atoms with Crippen LogP contribution in [0.5, 0.6) is 0 Å². The molecule has 0 radical (unpaired) electrons. The Morgan fingerprint density at radius 3 is 1.75 bits per heavy atom. The van der Waals surface area contributed by atoms with Crippen molar-refractivity contribution in [1.82, 2.24) is 0 Å². The van der Waals surface area contributed by atoms with Gasteiger partial charge in [0.05, 0.1) is 16.8 Å². The summed E-state index contributed by atoms with van der Waals surface area (Å²) in [6.45, 7) is 0. The molecule has 0 saturated carbocycles. The van der Waals surface area contributed by atoms with E-state index in [0.29, 0.717) is 0 Å². The van der Waals surface area contributed by atoms with Gasteiger partial charge in [0.15, 0.2) is 0 Å². The smallest absolute Gasteiger partial charge is 0.0714 e. The van der Waals surface area contributed by atoms with Crippen LogP contribution in [0.1, 0.15) is 22.3 Å². The number of fused-ring (bicyclic) bond motifs is 7. The maximum absolute atomic E-state index is 2.56. The number of thiophene rings is 1. The van der Waals surface area contributed by atoms with Crippen LogP contribution in [0.3, 0.4) is 0 Å². The number of benzene rings is 10. The molecule has 61 heavy (non-hydrogen) atoms. The second-order valence-corrected chi connectivity index (χ2v) is 17.0. The summed E-state index contributed by atoms with van der Waals surface area (Å²) in [5, 5.41) is 5.06. The molecular weight excluding hydrogens is 755 g/mol. The van der Waals surface area contributed by atoms with E-state index in [4.69, 9.17) is 0 Å². The first-order chi connectivity index (χ1) is 30.3. The molecule has 0 spiro atoms. The summed E-state index contributed by atoms with van der Waals surface area (Å²) in [6, 6.07) is 87.5. The highest BCUT2D eigenvalue weighted by atomic mass is 32.1. The van der Waals surface area contributed by atoms with E-state index in [2.05, 4.69) is 241 Å². The SMILES string of the molecule is c1ccc(-c2ccc(-c3cccc4ccccc34)cc2N(c2ccc3c(c2)sc2ccccc23)c2cccc3c2-c2ccccc2C3(c2ccccc2)c2ccccc2)cc1. The fourth-order valence-electron chi connectivity index (χ4n) is 10.1. The molecule has 1 aliphatic carbocycles. The molecule has 0 N–H and O–H groups in total. The van der Waals surface area contributed by atoms with E-state index in [1.807, 2.05) is 11.3 Å². The lowest BCUT2D eigenvalue weighted by Gasteiger charge is -2.34. The molecule has 0 atom stereocenters. The van der Waals surface area contributed by atoms with E-state index in [-0.39, 0.29) is 0 Å². The van der Waals surface area contributed by atoms with Crippen molar-refractivity contribution >= 4 is 59.3 Å². The Hall–Kier alpha value is -7.52. The van der Waals surface area contributed by atoms with Crippen molar-refractivity contribution in [3.8, 4) is 33.4 Å². The van der Waals surface area contributed by atoms with Crippen molar-refractivity contribution < 1.29 is 0 Å². The van der Waals surface area contributed by atoms with Gasteiger partial charge >= 0.3 is 0 Å². The predicted molar refractivity (Wildman–Crippen MR) is 260 cm³/mol. The number of hydrogen-bond acceptors (Lipinski definition) is 2. The fourth-order valence-corrected chi connectivity index (χ4v) is 11.3. The average molecular weight is 794 g/mol. The van der Waals surface area contributed by atoms with Gasteiger partial charge in [-0.05, 0) is 85.6 Å². The van der Waals surface area contributed by atoms with Gasteiger partial charge < -0.3 is 4.90 Å². The second kappa shape index (κ2) is 14.3. The van der Waals surface area contributed by atoms with Crippen molar-refractivity contribution in [2.75, 3.05) is 4.90 Å². The monoisotopic (exact) mass is 793 g/mol. The number of hydrogen-bond donors (Lipinski definition) is 0. The molecule has 0 aliphatic heterocycles. The van der Waals surface area contributed by atoms with Gasteiger partial charge in [-0.2, -0.15) is 0 Å². The van der Waals surface area contributed by atoms with Gasteiger partial charge in [-0.25, -0.2) is 0 Å². The van der Waals surface area contributed by atoms with Gasteiger partial charge in [-0.15, -0.1) is 11.3 Å². The topological polar surface area (TPSA) is 3.24 Å². The van der Waals surface area contributed by atoms with Crippen molar-refractivity contribution in [2.24, 2.45) is 0 Å². The van der Waals surface area contributed by atoms with E-state index in [0.717, 1.165) is 17.1 Å². The summed E-state index contributed by atoms with van der Waals surface area (Å²) in [6.07, 6.45) is 0. The predicted octanol–water partition coefficient (Wildman–Crippen LogP) is 16.4.